The molecular formula is C18H19ClO2. The van der Waals surface area contributed by atoms with E-state index in [2.05, 4.69) is 11.8 Å². The van der Waals surface area contributed by atoms with Crippen LogP contribution in [0, 0.1) is 23.7 Å². The topological polar surface area (TPSA) is 26.3 Å². The Morgan fingerprint density at radius 3 is 2.81 bits per heavy atom. The molecule has 21 heavy (non-hydrogen) atoms. The van der Waals surface area contributed by atoms with E-state index in [1.807, 2.05) is 12.1 Å². The summed E-state index contributed by atoms with van der Waals surface area (Å²) in [7, 11) is 1.63. The van der Waals surface area contributed by atoms with Crippen LogP contribution in [0.2, 0.25) is 5.02 Å². The fourth-order valence-corrected chi connectivity index (χ4v) is 4.20. The Kier molecular flexibility index (Phi) is 3.95. The summed E-state index contributed by atoms with van der Waals surface area (Å²) in [5.41, 5.74) is 1.69. The highest BCUT2D eigenvalue weighted by molar-refractivity contribution is 6.32. The monoisotopic (exact) mass is 302 g/mol. The molecule has 2 aliphatic rings. The number of carbonyl (C=O) groups is 1. The highest BCUT2D eigenvalue weighted by Crippen LogP contribution is 2.49. The van der Waals surface area contributed by atoms with E-state index in [1.165, 1.54) is 6.42 Å². The van der Waals surface area contributed by atoms with E-state index in [4.69, 9.17) is 16.3 Å². The summed E-state index contributed by atoms with van der Waals surface area (Å²) in [6, 6.07) is 3.74. The summed E-state index contributed by atoms with van der Waals surface area (Å²) >= 11 is 6.46. The number of hydrogen-bond donors (Lipinski definition) is 0. The van der Waals surface area contributed by atoms with E-state index in [9.17, 15) is 4.79 Å². The molecule has 1 aromatic carbocycles. The summed E-state index contributed by atoms with van der Waals surface area (Å²) < 4.78 is 5.50. The standard InChI is InChI=1S/C18H19ClO2/c1-3-4-11-9-15(19)17(16(10-11)21-2)14-8-12-5-6-13(7-12)18(14)20/h9-10,12-14H,5-8H2,1-2H3. The third kappa shape index (κ3) is 2.56. The van der Waals surface area contributed by atoms with Gasteiger partial charge in [0.2, 0.25) is 0 Å². The molecule has 0 spiro atoms. The van der Waals surface area contributed by atoms with Gasteiger partial charge in [0.15, 0.2) is 0 Å². The Hall–Kier alpha value is -1.46. The molecular weight excluding hydrogens is 284 g/mol. The Balaban J connectivity index is 2.04. The highest BCUT2D eigenvalue weighted by atomic mass is 35.5. The molecule has 3 rings (SSSR count). The van der Waals surface area contributed by atoms with Gasteiger partial charge in [0, 0.05) is 28.0 Å². The summed E-state index contributed by atoms with van der Waals surface area (Å²) in [6.45, 7) is 1.79. The van der Waals surface area contributed by atoms with Crippen molar-refractivity contribution in [1.29, 1.82) is 0 Å². The molecule has 0 heterocycles. The summed E-state index contributed by atoms with van der Waals surface area (Å²) in [5, 5.41) is 0.603. The van der Waals surface area contributed by atoms with Crippen LogP contribution in [0.5, 0.6) is 5.75 Å². The van der Waals surface area contributed by atoms with E-state index in [1.54, 1.807) is 14.0 Å². The van der Waals surface area contributed by atoms with Gasteiger partial charge in [0.05, 0.1) is 7.11 Å². The van der Waals surface area contributed by atoms with E-state index < -0.39 is 0 Å². The number of fused-ring (bicyclic) bond motifs is 2. The molecule has 3 heteroatoms. The van der Waals surface area contributed by atoms with Crippen LogP contribution < -0.4 is 4.74 Å². The first-order valence-corrected chi connectivity index (χ1v) is 7.85. The first kappa shape index (κ1) is 14.5. The Morgan fingerprint density at radius 1 is 1.29 bits per heavy atom. The second-order valence-corrected chi connectivity index (χ2v) is 6.42. The molecule has 0 aliphatic heterocycles. The van der Waals surface area contributed by atoms with Crippen molar-refractivity contribution in [2.24, 2.45) is 11.8 Å². The summed E-state index contributed by atoms with van der Waals surface area (Å²) in [5.74, 6) is 7.68. The number of ketones is 1. The van der Waals surface area contributed by atoms with Crippen LogP contribution >= 0.6 is 11.6 Å². The lowest BCUT2D eigenvalue weighted by atomic mass is 9.76. The average Bonchev–Trinajstić information content (AvgIpc) is 2.87. The smallest absolute Gasteiger partial charge is 0.143 e. The molecule has 0 amide bonds. The number of carbonyl (C=O) groups excluding carboxylic acids is 1. The number of methoxy groups -OCH3 is 1. The van der Waals surface area contributed by atoms with Crippen molar-refractivity contribution in [3.05, 3.63) is 28.3 Å². The molecule has 2 fully saturated rings. The number of hydrogen-bond acceptors (Lipinski definition) is 2. The third-order valence-electron chi connectivity index (χ3n) is 4.79. The van der Waals surface area contributed by atoms with Crippen LogP contribution in [0.3, 0.4) is 0 Å². The maximum Gasteiger partial charge on any atom is 0.143 e. The van der Waals surface area contributed by atoms with Crippen molar-refractivity contribution in [2.45, 2.75) is 38.5 Å². The van der Waals surface area contributed by atoms with Crippen LogP contribution in [0.25, 0.3) is 0 Å². The van der Waals surface area contributed by atoms with Gasteiger partial charge in [-0.05, 0) is 50.7 Å². The van der Waals surface area contributed by atoms with Gasteiger partial charge >= 0.3 is 0 Å². The SMILES string of the molecule is CC#Cc1cc(Cl)c(C2CC3CCC(C3)C2=O)c(OC)c1. The highest BCUT2D eigenvalue weighted by Gasteiger charge is 2.42. The van der Waals surface area contributed by atoms with Crippen LogP contribution in [-0.2, 0) is 4.79 Å². The van der Waals surface area contributed by atoms with Gasteiger partial charge in [-0.25, -0.2) is 0 Å². The predicted octanol–water partition coefficient (Wildman–Crippen LogP) is 4.19. The van der Waals surface area contributed by atoms with Crippen molar-refractivity contribution in [3.8, 4) is 17.6 Å². The van der Waals surface area contributed by atoms with Gasteiger partial charge < -0.3 is 4.74 Å². The molecule has 110 valence electrons. The Morgan fingerprint density at radius 2 is 2.10 bits per heavy atom. The molecule has 1 aromatic rings. The zero-order valence-corrected chi connectivity index (χ0v) is 13.2. The minimum absolute atomic E-state index is 0.109. The number of halogens is 1. The van der Waals surface area contributed by atoms with Crippen molar-refractivity contribution in [1.82, 2.24) is 0 Å². The van der Waals surface area contributed by atoms with Crippen LogP contribution in [0.4, 0.5) is 0 Å². The van der Waals surface area contributed by atoms with E-state index in [0.29, 0.717) is 22.5 Å². The molecule has 0 saturated heterocycles. The molecule has 2 saturated carbocycles. The molecule has 2 nitrogen and oxygen atoms in total. The van der Waals surface area contributed by atoms with Crippen LogP contribution in [0.1, 0.15) is 49.7 Å². The van der Waals surface area contributed by atoms with Gasteiger partial charge in [-0.1, -0.05) is 17.5 Å². The quantitative estimate of drug-likeness (QED) is 0.766. The molecule has 2 aliphatic carbocycles. The number of ether oxygens (including phenoxy) is 1. The van der Waals surface area contributed by atoms with Crippen molar-refractivity contribution >= 4 is 17.4 Å². The lowest BCUT2D eigenvalue weighted by Gasteiger charge is -2.28. The average molecular weight is 303 g/mol. The van der Waals surface area contributed by atoms with Crippen molar-refractivity contribution in [3.63, 3.8) is 0 Å². The normalized spacial score (nSPS) is 27.2. The number of Topliss-reactive ketones (excluding diaryl/α,β-unsaturated/α-hetero) is 1. The van der Waals surface area contributed by atoms with Gasteiger partial charge in [0.1, 0.15) is 11.5 Å². The fourth-order valence-electron chi connectivity index (χ4n) is 3.86. The summed E-state index contributed by atoms with van der Waals surface area (Å²) in [6.07, 6.45) is 4.18. The zero-order valence-electron chi connectivity index (χ0n) is 12.4. The predicted molar refractivity (Wildman–Crippen MR) is 83.8 cm³/mol. The number of benzene rings is 1. The lowest BCUT2D eigenvalue weighted by Crippen LogP contribution is -2.26. The molecule has 3 unspecified atom stereocenters. The molecule has 3 atom stereocenters. The molecule has 2 bridgehead atoms. The maximum absolute atomic E-state index is 12.7. The first-order valence-electron chi connectivity index (χ1n) is 7.48. The fraction of sp³-hybridized carbons (Fsp3) is 0.500. The van der Waals surface area contributed by atoms with E-state index in [0.717, 1.165) is 30.4 Å². The third-order valence-corrected chi connectivity index (χ3v) is 5.10. The minimum atomic E-state index is -0.109. The Labute approximate surface area is 130 Å². The largest absolute Gasteiger partial charge is 0.496 e. The van der Waals surface area contributed by atoms with E-state index in [-0.39, 0.29) is 11.8 Å². The van der Waals surface area contributed by atoms with Gasteiger partial charge in [0.25, 0.3) is 0 Å². The minimum Gasteiger partial charge on any atom is -0.496 e. The molecule has 0 radical (unpaired) electrons. The van der Waals surface area contributed by atoms with Crippen LogP contribution in [0.15, 0.2) is 12.1 Å². The van der Waals surface area contributed by atoms with Gasteiger partial charge in [-0.15, -0.1) is 5.92 Å². The summed E-state index contributed by atoms with van der Waals surface area (Å²) in [4.78, 5) is 12.7. The molecule has 0 aromatic heterocycles. The Bertz CT molecular complexity index is 639. The molecule has 0 N–H and O–H groups in total. The second-order valence-electron chi connectivity index (χ2n) is 6.02. The maximum atomic E-state index is 12.7. The van der Waals surface area contributed by atoms with Crippen LogP contribution in [-0.4, -0.2) is 12.9 Å². The number of rotatable bonds is 2. The van der Waals surface area contributed by atoms with Crippen molar-refractivity contribution < 1.29 is 9.53 Å². The zero-order chi connectivity index (χ0) is 15.0. The van der Waals surface area contributed by atoms with Gasteiger partial charge in [-0.2, -0.15) is 0 Å². The first-order chi connectivity index (χ1) is 10.1. The van der Waals surface area contributed by atoms with Gasteiger partial charge in [-0.3, -0.25) is 4.79 Å². The van der Waals surface area contributed by atoms with E-state index >= 15 is 0 Å². The van der Waals surface area contributed by atoms with Crippen molar-refractivity contribution in [2.75, 3.05) is 7.11 Å². The lowest BCUT2D eigenvalue weighted by molar-refractivity contribution is -0.125. The second kappa shape index (κ2) is 5.73.